The van der Waals surface area contributed by atoms with Gasteiger partial charge in [-0.25, -0.2) is 9.67 Å². The molecule has 0 amide bonds. The Hall–Kier alpha value is -1.36. The highest BCUT2D eigenvalue weighted by Crippen LogP contribution is 2.23. The molecule has 2 rings (SSSR count). The van der Waals surface area contributed by atoms with Crippen molar-refractivity contribution in [3.05, 3.63) is 40.4 Å². The van der Waals surface area contributed by atoms with Gasteiger partial charge in [-0.05, 0) is 47.0 Å². The molecule has 2 aromatic rings. The minimum absolute atomic E-state index is 0.682. The van der Waals surface area contributed by atoms with E-state index in [1.165, 1.54) is 5.56 Å². The summed E-state index contributed by atoms with van der Waals surface area (Å²) >= 11 is 3.56. The Labute approximate surface area is 116 Å². The summed E-state index contributed by atoms with van der Waals surface area (Å²) in [5.41, 5.74) is 2.31. The van der Waals surface area contributed by atoms with E-state index in [0.29, 0.717) is 6.54 Å². The van der Waals surface area contributed by atoms with E-state index in [4.69, 9.17) is 0 Å². The molecule has 0 fully saturated rings. The van der Waals surface area contributed by atoms with Gasteiger partial charge in [-0.2, -0.15) is 5.10 Å². The number of nitrogens with zero attached hydrogens (tertiary/aromatic N) is 3. The van der Waals surface area contributed by atoms with Crippen LogP contribution in [0.2, 0.25) is 0 Å². The van der Waals surface area contributed by atoms with Crippen LogP contribution >= 0.6 is 15.9 Å². The van der Waals surface area contributed by atoms with Crippen LogP contribution in [0.1, 0.15) is 24.7 Å². The standard InChI is InChI=1S/C13H17BrN4/c1-3-6-18-13(16-9-17-18)8-15-12-5-4-10(2)7-11(12)14/h4-5,7,9,15H,3,6,8H2,1-2H3. The lowest BCUT2D eigenvalue weighted by Crippen LogP contribution is -2.10. The first kappa shape index (κ1) is 13.1. The van der Waals surface area contributed by atoms with Gasteiger partial charge < -0.3 is 5.32 Å². The molecule has 1 aromatic carbocycles. The van der Waals surface area contributed by atoms with Crippen LogP contribution in [-0.4, -0.2) is 14.8 Å². The third-order valence-corrected chi connectivity index (χ3v) is 3.35. The first-order valence-electron chi connectivity index (χ1n) is 6.07. The molecule has 1 N–H and O–H groups in total. The monoisotopic (exact) mass is 308 g/mol. The number of anilines is 1. The first-order valence-corrected chi connectivity index (χ1v) is 6.86. The van der Waals surface area contributed by atoms with Crippen molar-refractivity contribution in [1.82, 2.24) is 14.8 Å². The van der Waals surface area contributed by atoms with Crippen LogP contribution in [0.4, 0.5) is 5.69 Å². The fraction of sp³-hybridized carbons (Fsp3) is 0.385. The molecule has 0 atom stereocenters. The molecule has 96 valence electrons. The molecule has 0 aliphatic rings. The molecule has 0 saturated heterocycles. The SMILES string of the molecule is CCCn1ncnc1CNc1ccc(C)cc1Br. The van der Waals surface area contributed by atoms with E-state index < -0.39 is 0 Å². The lowest BCUT2D eigenvalue weighted by atomic mass is 10.2. The van der Waals surface area contributed by atoms with Gasteiger partial charge in [-0.1, -0.05) is 13.0 Å². The van der Waals surface area contributed by atoms with E-state index in [0.717, 1.165) is 29.0 Å². The van der Waals surface area contributed by atoms with Crippen molar-refractivity contribution in [3.8, 4) is 0 Å². The number of hydrogen-bond acceptors (Lipinski definition) is 3. The quantitative estimate of drug-likeness (QED) is 0.921. The average molecular weight is 309 g/mol. The van der Waals surface area contributed by atoms with Crippen molar-refractivity contribution in [2.24, 2.45) is 0 Å². The van der Waals surface area contributed by atoms with Gasteiger partial charge in [0.25, 0.3) is 0 Å². The van der Waals surface area contributed by atoms with E-state index in [1.807, 2.05) is 4.68 Å². The number of hydrogen-bond donors (Lipinski definition) is 1. The van der Waals surface area contributed by atoms with Crippen LogP contribution in [0.25, 0.3) is 0 Å². The number of rotatable bonds is 5. The summed E-state index contributed by atoms with van der Waals surface area (Å²) in [5, 5.41) is 7.58. The van der Waals surface area contributed by atoms with Crippen LogP contribution in [-0.2, 0) is 13.1 Å². The lowest BCUT2D eigenvalue weighted by Gasteiger charge is -2.09. The van der Waals surface area contributed by atoms with Crippen molar-refractivity contribution in [2.45, 2.75) is 33.4 Å². The maximum absolute atomic E-state index is 4.27. The van der Waals surface area contributed by atoms with Gasteiger partial charge in [0.2, 0.25) is 0 Å². The molecular weight excluding hydrogens is 292 g/mol. The second kappa shape index (κ2) is 6.00. The number of aromatic nitrogens is 3. The fourth-order valence-corrected chi connectivity index (χ4v) is 2.39. The molecule has 18 heavy (non-hydrogen) atoms. The predicted octanol–water partition coefficient (Wildman–Crippen LogP) is 3.37. The Balaban J connectivity index is 2.04. The third kappa shape index (κ3) is 3.10. The summed E-state index contributed by atoms with van der Waals surface area (Å²) in [6.07, 6.45) is 2.67. The summed E-state index contributed by atoms with van der Waals surface area (Å²) in [6.45, 7) is 5.80. The van der Waals surface area contributed by atoms with E-state index in [2.05, 4.69) is 63.4 Å². The third-order valence-electron chi connectivity index (χ3n) is 2.69. The van der Waals surface area contributed by atoms with Gasteiger partial charge in [0.15, 0.2) is 0 Å². The minimum atomic E-state index is 0.682. The van der Waals surface area contributed by atoms with Crippen LogP contribution in [0.3, 0.4) is 0 Å². The number of nitrogens with one attached hydrogen (secondary N) is 1. The Morgan fingerprint density at radius 2 is 2.22 bits per heavy atom. The first-order chi connectivity index (χ1) is 8.70. The van der Waals surface area contributed by atoms with Crippen molar-refractivity contribution in [1.29, 1.82) is 0 Å². The van der Waals surface area contributed by atoms with Gasteiger partial charge in [0.1, 0.15) is 12.2 Å². The average Bonchev–Trinajstić information content (AvgIpc) is 2.76. The largest absolute Gasteiger partial charge is 0.377 e. The topological polar surface area (TPSA) is 42.7 Å². The van der Waals surface area contributed by atoms with E-state index in [1.54, 1.807) is 6.33 Å². The number of aryl methyl sites for hydroxylation is 2. The molecule has 0 bridgehead atoms. The van der Waals surface area contributed by atoms with E-state index >= 15 is 0 Å². The molecule has 0 unspecified atom stereocenters. The molecule has 5 heteroatoms. The molecular formula is C13H17BrN4. The van der Waals surface area contributed by atoms with Crippen LogP contribution < -0.4 is 5.32 Å². The Kier molecular flexibility index (Phi) is 4.36. The summed E-state index contributed by atoms with van der Waals surface area (Å²) in [6, 6.07) is 6.25. The van der Waals surface area contributed by atoms with Crippen molar-refractivity contribution in [2.75, 3.05) is 5.32 Å². The van der Waals surface area contributed by atoms with Crippen molar-refractivity contribution < 1.29 is 0 Å². The molecule has 0 aliphatic carbocycles. The van der Waals surface area contributed by atoms with Gasteiger partial charge in [0, 0.05) is 16.7 Å². The number of halogens is 1. The molecule has 0 spiro atoms. The van der Waals surface area contributed by atoms with Gasteiger partial charge in [0.05, 0.1) is 6.54 Å². The highest BCUT2D eigenvalue weighted by atomic mass is 79.9. The molecule has 0 radical (unpaired) electrons. The normalized spacial score (nSPS) is 10.6. The van der Waals surface area contributed by atoms with Gasteiger partial charge >= 0.3 is 0 Å². The lowest BCUT2D eigenvalue weighted by molar-refractivity contribution is 0.574. The second-order valence-electron chi connectivity index (χ2n) is 4.24. The van der Waals surface area contributed by atoms with Crippen molar-refractivity contribution in [3.63, 3.8) is 0 Å². The smallest absolute Gasteiger partial charge is 0.146 e. The highest BCUT2D eigenvalue weighted by molar-refractivity contribution is 9.10. The molecule has 0 aliphatic heterocycles. The molecule has 1 aromatic heterocycles. The zero-order chi connectivity index (χ0) is 13.0. The predicted molar refractivity (Wildman–Crippen MR) is 76.5 cm³/mol. The number of benzene rings is 1. The summed E-state index contributed by atoms with van der Waals surface area (Å²) in [5.74, 6) is 0.962. The van der Waals surface area contributed by atoms with Gasteiger partial charge in [-0.3, -0.25) is 0 Å². The summed E-state index contributed by atoms with van der Waals surface area (Å²) < 4.78 is 3.01. The maximum Gasteiger partial charge on any atom is 0.146 e. The zero-order valence-corrected chi connectivity index (χ0v) is 12.2. The highest BCUT2D eigenvalue weighted by Gasteiger charge is 2.04. The van der Waals surface area contributed by atoms with E-state index in [9.17, 15) is 0 Å². The fourth-order valence-electron chi connectivity index (χ4n) is 1.76. The molecule has 1 heterocycles. The van der Waals surface area contributed by atoms with Crippen LogP contribution in [0.15, 0.2) is 29.0 Å². The Bertz CT molecular complexity index is 521. The maximum atomic E-state index is 4.27. The Morgan fingerprint density at radius 1 is 1.39 bits per heavy atom. The minimum Gasteiger partial charge on any atom is -0.377 e. The van der Waals surface area contributed by atoms with Gasteiger partial charge in [-0.15, -0.1) is 0 Å². The van der Waals surface area contributed by atoms with Crippen LogP contribution in [0.5, 0.6) is 0 Å². The summed E-state index contributed by atoms with van der Waals surface area (Å²) in [7, 11) is 0. The second-order valence-corrected chi connectivity index (χ2v) is 5.09. The zero-order valence-electron chi connectivity index (χ0n) is 10.7. The molecule has 4 nitrogen and oxygen atoms in total. The van der Waals surface area contributed by atoms with E-state index in [-0.39, 0.29) is 0 Å². The summed E-state index contributed by atoms with van der Waals surface area (Å²) in [4.78, 5) is 4.27. The molecule has 0 saturated carbocycles. The van der Waals surface area contributed by atoms with Crippen LogP contribution in [0, 0.1) is 6.92 Å². The Morgan fingerprint density at radius 3 is 2.94 bits per heavy atom. The van der Waals surface area contributed by atoms with Crippen molar-refractivity contribution >= 4 is 21.6 Å².